The maximum absolute atomic E-state index is 12.6. The molecule has 0 spiro atoms. The number of carbonyl (C=O) groups is 2. The predicted octanol–water partition coefficient (Wildman–Crippen LogP) is 4.24. The molecule has 0 unspecified atom stereocenters. The van der Waals surface area contributed by atoms with Crippen LogP contribution in [0.2, 0.25) is 0 Å². The summed E-state index contributed by atoms with van der Waals surface area (Å²) >= 11 is 1.27. The van der Waals surface area contributed by atoms with E-state index in [0.29, 0.717) is 17.1 Å². The molecule has 3 aromatic rings. The van der Waals surface area contributed by atoms with Gasteiger partial charge in [0.1, 0.15) is 4.88 Å². The topological polar surface area (TPSA) is 59.5 Å². The first-order chi connectivity index (χ1) is 13.5. The van der Waals surface area contributed by atoms with Crippen LogP contribution in [0, 0.1) is 13.8 Å². The minimum atomic E-state index is -0.526. The van der Waals surface area contributed by atoms with Crippen molar-refractivity contribution in [3.05, 3.63) is 75.6 Å². The van der Waals surface area contributed by atoms with Gasteiger partial charge in [-0.25, -0.2) is 9.78 Å². The Morgan fingerprint density at radius 2 is 1.71 bits per heavy atom. The molecule has 0 atom stereocenters. The van der Waals surface area contributed by atoms with Crippen LogP contribution in [0.15, 0.2) is 54.6 Å². The minimum absolute atomic E-state index is 0.251. The molecule has 0 radical (unpaired) electrons. The van der Waals surface area contributed by atoms with Crippen LogP contribution in [0.3, 0.4) is 0 Å². The largest absolute Gasteiger partial charge is 0.451 e. The van der Waals surface area contributed by atoms with E-state index in [2.05, 4.69) is 4.98 Å². The van der Waals surface area contributed by atoms with E-state index in [1.165, 1.54) is 11.3 Å². The highest BCUT2D eigenvalue weighted by Crippen LogP contribution is 2.28. The number of likely N-dealkylation sites (N-methyl/N-ethyl adjacent to an activating group) is 1. The van der Waals surface area contributed by atoms with Gasteiger partial charge < -0.3 is 9.64 Å². The Morgan fingerprint density at radius 3 is 2.43 bits per heavy atom. The minimum Gasteiger partial charge on any atom is -0.451 e. The number of esters is 1. The zero-order chi connectivity index (χ0) is 20.1. The summed E-state index contributed by atoms with van der Waals surface area (Å²) in [4.78, 5) is 31.4. The molecule has 1 heterocycles. The van der Waals surface area contributed by atoms with Gasteiger partial charge in [-0.1, -0.05) is 54.6 Å². The third-order valence-electron chi connectivity index (χ3n) is 4.39. The number of hydrogen-bond donors (Lipinski definition) is 0. The molecule has 0 aliphatic carbocycles. The molecular weight excluding hydrogens is 372 g/mol. The van der Waals surface area contributed by atoms with Gasteiger partial charge in [-0.15, -0.1) is 11.3 Å². The lowest BCUT2D eigenvalue weighted by Gasteiger charge is -2.18. The summed E-state index contributed by atoms with van der Waals surface area (Å²) < 4.78 is 5.29. The van der Waals surface area contributed by atoms with Gasteiger partial charge >= 0.3 is 5.97 Å². The maximum atomic E-state index is 12.6. The van der Waals surface area contributed by atoms with Crippen LogP contribution in [-0.2, 0) is 16.1 Å². The Morgan fingerprint density at radius 1 is 1.04 bits per heavy atom. The fourth-order valence-electron chi connectivity index (χ4n) is 2.79. The normalized spacial score (nSPS) is 10.5. The van der Waals surface area contributed by atoms with Crippen molar-refractivity contribution in [1.82, 2.24) is 9.88 Å². The monoisotopic (exact) mass is 394 g/mol. The molecule has 28 heavy (non-hydrogen) atoms. The number of rotatable bonds is 6. The average molecular weight is 394 g/mol. The van der Waals surface area contributed by atoms with Crippen molar-refractivity contribution in [1.29, 1.82) is 0 Å². The zero-order valence-corrected chi connectivity index (χ0v) is 17.0. The van der Waals surface area contributed by atoms with Crippen molar-refractivity contribution in [3.8, 4) is 11.3 Å². The Bertz CT molecular complexity index is 982. The Hall–Kier alpha value is -2.99. The second-order valence-corrected chi connectivity index (χ2v) is 7.73. The van der Waals surface area contributed by atoms with E-state index >= 15 is 0 Å². The molecule has 1 amide bonds. The molecule has 6 heteroatoms. The highest BCUT2D eigenvalue weighted by Gasteiger charge is 2.21. The first kappa shape index (κ1) is 19.8. The Labute approximate surface area is 168 Å². The first-order valence-electron chi connectivity index (χ1n) is 8.94. The summed E-state index contributed by atoms with van der Waals surface area (Å²) in [7, 11) is 1.70. The quantitative estimate of drug-likeness (QED) is 0.587. The first-order valence-corrected chi connectivity index (χ1v) is 9.76. The molecule has 2 aromatic carbocycles. The average Bonchev–Trinajstić information content (AvgIpc) is 3.10. The molecule has 5 nitrogen and oxygen atoms in total. The predicted molar refractivity (Wildman–Crippen MR) is 110 cm³/mol. The Kier molecular flexibility index (Phi) is 6.21. The van der Waals surface area contributed by atoms with Crippen molar-refractivity contribution >= 4 is 23.2 Å². The number of thiazole rings is 1. The molecule has 0 bridgehead atoms. The summed E-state index contributed by atoms with van der Waals surface area (Å²) in [6, 6.07) is 17.4. The highest BCUT2D eigenvalue weighted by molar-refractivity contribution is 7.14. The smallest absolute Gasteiger partial charge is 0.351 e. The summed E-state index contributed by atoms with van der Waals surface area (Å²) in [5, 5.41) is 0.772. The third-order valence-corrected chi connectivity index (χ3v) is 5.34. The number of hydrogen-bond acceptors (Lipinski definition) is 5. The molecule has 1 aromatic heterocycles. The van der Waals surface area contributed by atoms with Crippen molar-refractivity contribution in [2.75, 3.05) is 13.7 Å². The standard InChI is InChI=1S/C22H22N2O3S/c1-15-9-7-8-12-18(15)13-24(3)19(25)14-27-22(26)21-20(23-16(2)28-21)17-10-5-4-6-11-17/h4-12H,13-14H2,1-3H3. The molecule has 0 fully saturated rings. The number of aromatic nitrogens is 1. The van der Waals surface area contributed by atoms with Crippen LogP contribution in [0.1, 0.15) is 25.8 Å². The lowest BCUT2D eigenvalue weighted by atomic mass is 10.1. The number of ether oxygens (including phenoxy) is 1. The highest BCUT2D eigenvalue weighted by atomic mass is 32.1. The third kappa shape index (κ3) is 4.64. The van der Waals surface area contributed by atoms with E-state index in [4.69, 9.17) is 4.74 Å². The second-order valence-electron chi connectivity index (χ2n) is 6.53. The summed E-state index contributed by atoms with van der Waals surface area (Å²) in [6.07, 6.45) is 0. The second kappa shape index (κ2) is 8.80. The van der Waals surface area contributed by atoms with Crippen LogP contribution in [0.5, 0.6) is 0 Å². The van der Waals surface area contributed by atoms with Gasteiger partial charge in [0, 0.05) is 19.2 Å². The Balaban J connectivity index is 1.64. The lowest BCUT2D eigenvalue weighted by Crippen LogP contribution is -2.31. The van der Waals surface area contributed by atoms with Gasteiger partial charge in [-0.2, -0.15) is 0 Å². The van der Waals surface area contributed by atoms with Crippen LogP contribution >= 0.6 is 11.3 Å². The molecule has 0 saturated carbocycles. The van der Waals surface area contributed by atoms with Crippen molar-refractivity contribution in [2.45, 2.75) is 20.4 Å². The lowest BCUT2D eigenvalue weighted by molar-refractivity contribution is -0.133. The fourth-order valence-corrected chi connectivity index (χ4v) is 3.63. The molecular formula is C22H22N2O3S. The fraction of sp³-hybridized carbons (Fsp3) is 0.227. The van der Waals surface area contributed by atoms with Gasteiger partial charge in [0.2, 0.25) is 0 Å². The van der Waals surface area contributed by atoms with Gasteiger partial charge in [0.25, 0.3) is 5.91 Å². The van der Waals surface area contributed by atoms with E-state index in [0.717, 1.165) is 21.7 Å². The molecule has 144 valence electrons. The number of amides is 1. The van der Waals surface area contributed by atoms with Crippen LogP contribution in [0.25, 0.3) is 11.3 Å². The van der Waals surface area contributed by atoms with Gasteiger partial charge in [-0.3, -0.25) is 4.79 Å². The van der Waals surface area contributed by atoms with Crippen molar-refractivity contribution < 1.29 is 14.3 Å². The summed E-state index contributed by atoms with van der Waals surface area (Å²) in [5.74, 6) is -0.777. The van der Waals surface area contributed by atoms with Crippen LogP contribution < -0.4 is 0 Å². The SMILES string of the molecule is Cc1nc(-c2ccccc2)c(C(=O)OCC(=O)N(C)Cc2ccccc2C)s1. The van der Waals surface area contributed by atoms with Gasteiger partial charge in [0.15, 0.2) is 6.61 Å². The van der Waals surface area contributed by atoms with E-state index in [-0.39, 0.29) is 12.5 Å². The van der Waals surface area contributed by atoms with Crippen molar-refractivity contribution in [2.24, 2.45) is 0 Å². The van der Waals surface area contributed by atoms with Gasteiger partial charge in [0.05, 0.1) is 10.7 Å². The van der Waals surface area contributed by atoms with Crippen LogP contribution in [0.4, 0.5) is 0 Å². The van der Waals surface area contributed by atoms with Crippen LogP contribution in [-0.4, -0.2) is 35.4 Å². The van der Waals surface area contributed by atoms with E-state index in [9.17, 15) is 9.59 Å². The maximum Gasteiger partial charge on any atom is 0.351 e. The van der Waals surface area contributed by atoms with Gasteiger partial charge in [-0.05, 0) is 25.0 Å². The van der Waals surface area contributed by atoms with Crippen molar-refractivity contribution in [3.63, 3.8) is 0 Å². The number of carbonyl (C=O) groups excluding carboxylic acids is 2. The number of aryl methyl sites for hydroxylation is 2. The zero-order valence-electron chi connectivity index (χ0n) is 16.1. The number of nitrogens with zero attached hydrogens (tertiary/aromatic N) is 2. The van der Waals surface area contributed by atoms with E-state index in [1.54, 1.807) is 11.9 Å². The summed E-state index contributed by atoms with van der Waals surface area (Å²) in [5.41, 5.74) is 3.62. The molecule has 0 aliphatic heterocycles. The molecule has 0 saturated heterocycles. The summed E-state index contributed by atoms with van der Waals surface area (Å²) in [6.45, 7) is 4.02. The molecule has 0 N–H and O–H groups in total. The number of benzene rings is 2. The van der Waals surface area contributed by atoms with E-state index in [1.807, 2.05) is 68.4 Å². The van der Waals surface area contributed by atoms with E-state index < -0.39 is 5.97 Å². The molecule has 0 aliphatic rings. The molecule has 3 rings (SSSR count).